The molecule has 3 N–H and O–H groups in total. The van der Waals surface area contributed by atoms with Crippen molar-refractivity contribution in [1.82, 2.24) is 10.3 Å². The lowest BCUT2D eigenvalue weighted by atomic mass is 9.91. The second kappa shape index (κ2) is 15.7. The van der Waals surface area contributed by atoms with E-state index in [4.69, 9.17) is 14.2 Å². The first kappa shape index (κ1) is 32.2. The second-order valence-electron chi connectivity index (χ2n) is 10.8. The van der Waals surface area contributed by atoms with Crippen LogP contribution in [0.25, 0.3) is 0 Å². The van der Waals surface area contributed by atoms with E-state index in [1.165, 1.54) is 7.11 Å². The summed E-state index contributed by atoms with van der Waals surface area (Å²) in [5, 5.41) is 16.0. The number of nitrogens with one attached hydrogen (secondary N) is 2. The molecule has 0 aliphatic carbocycles. The van der Waals surface area contributed by atoms with Crippen LogP contribution in [0.5, 0.6) is 0 Å². The van der Waals surface area contributed by atoms with E-state index in [1.54, 1.807) is 30.1 Å². The predicted octanol–water partition coefficient (Wildman–Crippen LogP) is 6.06. The first-order valence-electron chi connectivity index (χ1n) is 14.8. The molecule has 3 aromatic carbocycles. The Morgan fingerprint density at radius 1 is 0.933 bits per heavy atom. The monoisotopic (exact) mass is 627 g/mol. The highest BCUT2D eigenvalue weighted by Crippen LogP contribution is 2.43. The van der Waals surface area contributed by atoms with Crippen LogP contribution in [0.3, 0.4) is 0 Å². The van der Waals surface area contributed by atoms with Crippen LogP contribution >= 0.6 is 11.8 Å². The maximum absolute atomic E-state index is 13.0. The van der Waals surface area contributed by atoms with Gasteiger partial charge in [-0.3, -0.25) is 0 Å². The lowest BCUT2D eigenvalue weighted by Gasteiger charge is -2.41. The summed E-state index contributed by atoms with van der Waals surface area (Å²) in [4.78, 5) is 29.9. The highest BCUT2D eigenvalue weighted by Gasteiger charge is 2.38. The number of aliphatic hydroxyl groups is 1. The summed E-state index contributed by atoms with van der Waals surface area (Å²) in [5.74, 6) is 0.151. The van der Waals surface area contributed by atoms with Gasteiger partial charge in [0.1, 0.15) is 6.04 Å². The summed E-state index contributed by atoms with van der Waals surface area (Å²) in [7, 11) is 1.30. The van der Waals surface area contributed by atoms with E-state index in [0.717, 1.165) is 27.3 Å². The number of ether oxygens (including phenoxy) is 3. The first-order chi connectivity index (χ1) is 21.9. The van der Waals surface area contributed by atoms with Gasteiger partial charge < -0.3 is 30.0 Å². The molecule has 5 atom stereocenters. The van der Waals surface area contributed by atoms with Crippen LogP contribution in [-0.2, 0) is 32.0 Å². The Morgan fingerprint density at radius 2 is 1.71 bits per heavy atom. The van der Waals surface area contributed by atoms with Crippen molar-refractivity contribution in [3.63, 3.8) is 0 Å². The largest absolute Gasteiger partial charge is 0.467 e. The van der Waals surface area contributed by atoms with Gasteiger partial charge in [0.05, 0.1) is 31.0 Å². The number of urea groups is 1. The zero-order valence-electron chi connectivity index (χ0n) is 25.2. The van der Waals surface area contributed by atoms with Crippen LogP contribution in [0.15, 0.2) is 108 Å². The summed E-state index contributed by atoms with van der Waals surface area (Å²) in [5.41, 5.74) is 3.96. The molecule has 0 saturated carbocycles. The number of carbonyl (C=O) groups is 2. The number of esters is 1. The van der Waals surface area contributed by atoms with Gasteiger partial charge in [0.2, 0.25) is 0 Å². The molecule has 0 radical (unpaired) electrons. The van der Waals surface area contributed by atoms with E-state index in [2.05, 4.69) is 22.5 Å². The van der Waals surface area contributed by atoms with Crippen molar-refractivity contribution < 1.29 is 28.9 Å². The molecular weight excluding hydrogens is 590 g/mol. The van der Waals surface area contributed by atoms with Gasteiger partial charge in [-0.2, -0.15) is 0 Å². The molecule has 1 saturated heterocycles. The Morgan fingerprint density at radius 3 is 2.42 bits per heavy atom. The number of hydrogen-bond donors (Lipinski definition) is 3. The second-order valence-corrected chi connectivity index (χ2v) is 11.8. The van der Waals surface area contributed by atoms with Gasteiger partial charge in [-0.1, -0.05) is 79.7 Å². The summed E-state index contributed by atoms with van der Waals surface area (Å²) >= 11 is 1.63. The number of amides is 2. The van der Waals surface area contributed by atoms with Crippen LogP contribution in [-0.4, -0.2) is 47.1 Å². The molecule has 0 spiro atoms. The van der Waals surface area contributed by atoms with Crippen LogP contribution in [0.1, 0.15) is 41.6 Å². The standard InChI is InChI=1S/C35H37N3O6S/c1-23-30(22-45-31-13-6-7-18-36-31)43-34(44-32(23)26-16-14-25(21-39)15-17-26)27-11-8-12-28(20-27)37-35(41)38-29(33(40)42-2)19-24-9-4-3-5-10-24/h3-18,20,23,29-30,32,34,39H,19,21-22H2,1-2H3,(H2,37,38,41). The highest BCUT2D eigenvalue weighted by atomic mass is 32.2. The summed E-state index contributed by atoms with van der Waals surface area (Å²) in [6, 6.07) is 28.9. The van der Waals surface area contributed by atoms with Crippen molar-refractivity contribution >= 4 is 29.4 Å². The smallest absolute Gasteiger partial charge is 0.328 e. The molecule has 1 aromatic heterocycles. The molecule has 2 amide bonds. The quantitative estimate of drug-likeness (QED) is 0.136. The number of aliphatic hydroxyl groups excluding tert-OH is 1. The fourth-order valence-electron chi connectivity index (χ4n) is 5.18. The van der Waals surface area contributed by atoms with Crippen molar-refractivity contribution in [2.75, 3.05) is 18.2 Å². The average Bonchev–Trinajstić information content (AvgIpc) is 3.08. The fourth-order valence-corrected chi connectivity index (χ4v) is 6.21. The summed E-state index contributed by atoms with van der Waals surface area (Å²) < 4.78 is 18.0. The third-order valence-electron chi connectivity index (χ3n) is 7.65. The van der Waals surface area contributed by atoms with E-state index >= 15 is 0 Å². The lowest BCUT2D eigenvalue weighted by Crippen LogP contribution is -2.45. The number of thioether (sulfide) groups is 1. The third-order valence-corrected chi connectivity index (χ3v) is 8.68. The maximum atomic E-state index is 13.0. The van der Waals surface area contributed by atoms with E-state index in [0.29, 0.717) is 17.9 Å². The molecule has 234 valence electrons. The number of rotatable bonds is 11. The van der Waals surface area contributed by atoms with E-state index in [-0.39, 0.29) is 24.7 Å². The van der Waals surface area contributed by atoms with Crippen LogP contribution in [0, 0.1) is 5.92 Å². The highest BCUT2D eigenvalue weighted by molar-refractivity contribution is 7.99. The number of hydrogen-bond acceptors (Lipinski definition) is 8. The minimum Gasteiger partial charge on any atom is -0.467 e. The van der Waals surface area contributed by atoms with Crippen molar-refractivity contribution in [2.24, 2.45) is 5.92 Å². The van der Waals surface area contributed by atoms with Gasteiger partial charge in [0.25, 0.3) is 0 Å². The lowest BCUT2D eigenvalue weighted by molar-refractivity contribution is -0.268. The number of benzene rings is 3. The molecular formula is C35H37N3O6S. The number of methoxy groups -OCH3 is 1. The van der Waals surface area contributed by atoms with Gasteiger partial charge in [-0.15, -0.1) is 11.8 Å². The molecule has 0 bridgehead atoms. The minimum absolute atomic E-state index is 0.0180. The van der Waals surface area contributed by atoms with Gasteiger partial charge in [0, 0.05) is 35.5 Å². The summed E-state index contributed by atoms with van der Waals surface area (Å²) in [6.07, 6.45) is 0.918. The van der Waals surface area contributed by atoms with Crippen molar-refractivity contribution in [3.8, 4) is 0 Å². The number of aromatic nitrogens is 1. The SMILES string of the molecule is COC(=O)C(Cc1ccccc1)NC(=O)Nc1cccc(C2OC(CSc3ccccn3)C(C)C(c3ccc(CO)cc3)O2)c1. The molecule has 10 heteroatoms. The molecule has 1 aliphatic rings. The molecule has 1 fully saturated rings. The van der Waals surface area contributed by atoms with Crippen LogP contribution in [0.4, 0.5) is 10.5 Å². The van der Waals surface area contributed by atoms with E-state index < -0.39 is 24.3 Å². The Balaban J connectivity index is 1.32. The molecule has 4 aromatic rings. The maximum Gasteiger partial charge on any atom is 0.328 e. The zero-order valence-corrected chi connectivity index (χ0v) is 26.0. The third kappa shape index (κ3) is 8.70. The number of carbonyl (C=O) groups excluding carboxylic acids is 2. The van der Waals surface area contributed by atoms with Crippen molar-refractivity contribution in [1.29, 1.82) is 0 Å². The normalized spacial score (nSPS) is 20.2. The van der Waals surface area contributed by atoms with Crippen LogP contribution in [0.2, 0.25) is 0 Å². The van der Waals surface area contributed by atoms with Crippen LogP contribution < -0.4 is 10.6 Å². The summed E-state index contributed by atoms with van der Waals surface area (Å²) in [6.45, 7) is 2.08. The number of anilines is 1. The molecule has 5 unspecified atom stereocenters. The molecule has 2 heterocycles. The van der Waals surface area contributed by atoms with Gasteiger partial charge in [0.15, 0.2) is 6.29 Å². The minimum atomic E-state index is -0.859. The Bertz CT molecular complexity index is 1540. The first-order valence-corrected chi connectivity index (χ1v) is 15.8. The van der Waals surface area contributed by atoms with Gasteiger partial charge in [-0.05, 0) is 41.0 Å². The Labute approximate surface area is 267 Å². The number of pyridine rings is 1. The zero-order chi connectivity index (χ0) is 31.6. The Kier molecular flexibility index (Phi) is 11.2. The van der Waals surface area contributed by atoms with Crippen molar-refractivity contribution in [3.05, 3.63) is 126 Å². The topological polar surface area (TPSA) is 119 Å². The fraction of sp³-hybridized carbons (Fsp3) is 0.286. The molecule has 5 rings (SSSR count). The van der Waals surface area contributed by atoms with Crippen molar-refractivity contribution in [2.45, 2.75) is 49.5 Å². The molecule has 1 aliphatic heterocycles. The predicted molar refractivity (Wildman–Crippen MR) is 172 cm³/mol. The average molecular weight is 628 g/mol. The van der Waals surface area contributed by atoms with Gasteiger partial charge >= 0.3 is 12.0 Å². The molecule has 45 heavy (non-hydrogen) atoms. The van der Waals surface area contributed by atoms with E-state index in [1.807, 2.05) is 84.9 Å². The van der Waals surface area contributed by atoms with E-state index in [9.17, 15) is 14.7 Å². The van der Waals surface area contributed by atoms with Gasteiger partial charge in [-0.25, -0.2) is 14.6 Å². The number of nitrogens with zero attached hydrogens (tertiary/aromatic N) is 1. The Hall–Kier alpha value is -4.22. The molecule has 9 nitrogen and oxygen atoms in total.